The fraction of sp³-hybridized carbons (Fsp3) is 0.625. The highest BCUT2D eigenvalue weighted by atomic mass is 15.1. The minimum atomic E-state index is -0.0352. The SMILES string of the molecule is CCn1cncc1C1(N)CC1. The monoisotopic (exact) mass is 151 g/mol. The Hall–Kier alpha value is -0.830. The third-order valence-electron chi connectivity index (χ3n) is 2.35. The fourth-order valence-electron chi connectivity index (χ4n) is 1.38. The van der Waals surface area contributed by atoms with Gasteiger partial charge in [-0.25, -0.2) is 4.98 Å². The van der Waals surface area contributed by atoms with Crippen molar-refractivity contribution in [3.63, 3.8) is 0 Å². The summed E-state index contributed by atoms with van der Waals surface area (Å²) in [5.41, 5.74) is 7.19. The minimum Gasteiger partial charge on any atom is -0.333 e. The summed E-state index contributed by atoms with van der Waals surface area (Å²) in [4.78, 5) is 4.08. The molecule has 1 aliphatic rings. The molecule has 0 spiro atoms. The Labute approximate surface area is 66.2 Å². The standard InChI is InChI=1S/C8H13N3/c1-2-11-6-10-5-7(11)8(9)3-4-8/h5-6H,2-4,9H2,1H3. The van der Waals surface area contributed by atoms with Crippen molar-refractivity contribution >= 4 is 0 Å². The number of hydrogen-bond acceptors (Lipinski definition) is 2. The van der Waals surface area contributed by atoms with Crippen LogP contribution in [0.5, 0.6) is 0 Å². The van der Waals surface area contributed by atoms with Crippen LogP contribution in [0.2, 0.25) is 0 Å². The van der Waals surface area contributed by atoms with E-state index in [1.807, 2.05) is 12.5 Å². The van der Waals surface area contributed by atoms with Crippen molar-refractivity contribution in [3.05, 3.63) is 18.2 Å². The molecule has 0 bridgehead atoms. The molecule has 0 aromatic carbocycles. The second-order valence-corrected chi connectivity index (χ2v) is 3.22. The zero-order valence-corrected chi connectivity index (χ0v) is 6.75. The van der Waals surface area contributed by atoms with Crippen molar-refractivity contribution in [2.75, 3.05) is 0 Å². The highest BCUT2D eigenvalue weighted by molar-refractivity contribution is 5.20. The van der Waals surface area contributed by atoms with Gasteiger partial charge in [-0.2, -0.15) is 0 Å². The van der Waals surface area contributed by atoms with Crippen LogP contribution in [-0.4, -0.2) is 9.55 Å². The maximum Gasteiger partial charge on any atom is 0.0948 e. The maximum atomic E-state index is 6.03. The van der Waals surface area contributed by atoms with E-state index in [-0.39, 0.29) is 5.54 Å². The van der Waals surface area contributed by atoms with Gasteiger partial charge in [0, 0.05) is 6.54 Å². The smallest absolute Gasteiger partial charge is 0.0948 e. The fourth-order valence-corrected chi connectivity index (χ4v) is 1.38. The summed E-state index contributed by atoms with van der Waals surface area (Å²) in [6, 6.07) is 0. The summed E-state index contributed by atoms with van der Waals surface area (Å²) >= 11 is 0. The molecule has 1 aliphatic carbocycles. The molecule has 0 amide bonds. The van der Waals surface area contributed by atoms with Gasteiger partial charge in [-0.1, -0.05) is 0 Å². The number of hydrogen-bond donors (Lipinski definition) is 1. The van der Waals surface area contributed by atoms with E-state index in [2.05, 4.69) is 16.5 Å². The first kappa shape index (κ1) is 6.85. The summed E-state index contributed by atoms with van der Waals surface area (Å²) in [7, 11) is 0. The van der Waals surface area contributed by atoms with Crippen LogP contribution in [0.25, 0.3) is 0 Å². The van der Waals surface area contributed by atoms with Crippen LogP contribution in [0, 0.1) is 0 Å². The number of nitrogens with zero attached hydrogens (tertiary/aromatic N) is 2. The normalized spacial score (nSPS) is 20.2. The van der Waals surface area contributed by atoms with Crippen LogP contribution in [0.4, 0.5) is 0 Å². The number of aromatic nitrogens is 2. The molecule has 3 nitrogen and oxygen atoms in total. The molecule has 11 heavy (non-hydrogen) atoms. The molecular formula is C8H13N3. The van der Waals surface area contributed by atoms with Gasteiger partial charge in [0.05, 0.1) is 23.8 Å². The van der Waals surface area contributed by atoms with E-state index in [9.17, 15) is 0 Å². The van der Waals surface area contributed by atoms with E-state index in [4.69, 9.17) is 5.73 Å². The molecule has 0 unspecified atom stereocenters. The Morgan fingerprint density at radius 2 is 2.45 bits per heavy atom. The lowest BCUT2D eigenvalue weighted by Gasteiger charge is -2.10. The van der Waals surface area contributed by atoms with Crippen molar-refractivity contribution in [3.8, 4) is 0 Å². The van der Waals surface area contributed by atoms with E-state index in [1.165, 1.54) is 5.69 Å². The first-order valence-electron chi connectivity index (χ1n) is 4.06. The molecule has 2 N–H and O–H groups in total. The number of aryl methyl sites for hydroxylation is 1. The van der Waals surface area contributed by atoms with Crippen LogP contribution < -0.4 is 5.73 Å². The Morgan fingerprint density at radius 3 is 3.00 bits per heavy atom. The van der Waals surface area contributed by atoms with E-state index >= 15 is 0 Å². The van der Waals surface area contributed by atoms with Crippen LogP contribution >= 0.6 is 0 Å². The molecule has 1 heterocycles. The Bertz CT molecular complexity index is 260. The zero-order chi connectivity index (χ0) is 7.90. The van der Waals surface area contributed by atoms with Gasteiger partial charge in [0.25, 0.3) is 0 Å². The van der Waals surface area contributed by atoms with Crippen LogP contribution in [0.15, 0.2) is 12.5 Å². The molecule has 1 saturated carbocycles. The van der Waals surface area contributed by atoms with Gasteiger partial charge in [-0.15, -0.1) is 0 Å². The summed E-state index contributed by atoms with van der Waals surface area (Å²) in [5.74, 6) is 0. The summed E-state index contributed by atoms with van der Waals surface area (Å²) < 4.78 is 2.12. The van der Waals surface area contributed by atoms with Gasteiger partial charge in [0.2, 0.25) is 0 Å². The zero-order valence-electron chi connectivity index (χ0n) is 6.75. The predicted molar refractivity (Wildman–Crippen MR) is 43.0 cm³/mol. The van der Waals surface area contributed by atoms with Crippen molar-refractivity contribution < 1.29 is 0 Å². The predicted octanol–water partition coefficient (Wildman–Crippen LogP) is 0.851. The first-order valence-corrected chi connectivity index (χ1v) is 4.06. The Kier molecular flexibility index (Phi) is 1.29. The molecule has 60 valence electrons. The molecule has 2 rings (SSSR count). The summed E-state index contributed by atoms with van der Waals surface area (Å²) in [5, 5.41) is 0. The molecule has 0 radical (unpaired) electrons. The third kappa shape index (κ3) is 0.959. The second kappa shape index (κ2) is 2.08. The van der Waals surface area contributed by atoms with Gasteiger partial charge >= 0.3 is 0 Å². The van der Waals surface area contributed by atoms with Crippen molar-refractivity contribution in [2.24, 2.45) is 5.73 Å². The highest BCUT2D eigenvalue weighted by Crippen LogP contribution is 2.42. The lowest BCUT2D eigenvalue weighted by Crippen LogP contribution is -2.22. The first-order chi connectivity index (χ1) is 5.26. The Balaban J connectivity index is 2.36. The lowest BCUT2D eigenvalue weighted by atomic mass is 10.2. The maximum absolute atomic E-state index is 6.03. The van der Waals surface area contributed by atoms with Crippen molar-refractivity contribution in [1.29, 1.82) is 0 Å². The third-order valence-corrected chi connectivity index (χ3v) is 2.35. The summed E-state index contributed by atoms with van der Waals surface area (Å²) in [6.45, 7) is 3.07. The average molecular weight is 151 g/mol. The van der Waals surface area contributed by atoms with E-state index < -0.39 is 0 Å². The van der Waals surface area contributed by atoms with Gasteiger partial charge in [0.15, 0.2) is 0 Å². The molecule has 0 aliphatic heterocycles. The van der Waals surface area contributed by atoms with Crippen LogP contribution in [-0.2, 0) is 12.1 Å². The lowest BCUT2D eigenvalue weighted by molar-refractivity contribution is 0.618. The molecule has 3 heteroatoms. The van der Waals surface area contributed by atoms with Crippen molar-refractivity contribution in [1.82, 2.24) is 9.55 Å². The van der Waals surface area contributed by atoms with Crippen LogP contribution in [0.1, 0.15) is 25.5 Å². The van der Waals surface area contributed by atoms with E-state index in [0.717, 1.165) is 19.4 Å². The number of imidazole rings is 1. The second-order valence-electron chi connectivity index (χ2n) is 3.22. The molecule has 1 fully saturated rings. The summed E-state index contributed by atoms with van der Waals surface area (Å²) in [6.07, 6.45) is 5.95. The van der Waals surface area contributed by atoms with E-state index in [1.54, 1.807) is 0 Å². The molecule has 0 atom stereocenters. The van der Waals surface area contributed by atoms with Gasteiger partial charge in [-0.05, 0) is 19.8 Å². The quantitative estimate of drug-likeness (QED) is 0.681. The largest absolute Gasteiger partial charge is 0.333 e. The Morgan fingerprint density at radius 1 is 1.73 bits per heavy atom. The van der Waals surface area contributed by atoms with Crippen molar-refractivity contribution in [2.45, 2.75) is 31.8 Å². The molecule has 1 aromatic heterocycles. The topological polar surface area (TPSA) is 43.8 Å². The molecule has 1 aromatic rings. The highest BCUT2D eigenvalue weighted by Gasteiger charge is 2.42. The molecular weight excluding hydrogens is 138 g/mol. The average Bonchev–Trinajstić information content (AvgIpc) is 2.61. The number of nitrogens with two attached hydrogens (primary N) is 1. The van der Waals surface area contributed by atoms with Gasteiger partial charge < -0.3 is 10.3 Å². The molecule has 0 saturated heterocycles. The van der Waals surface area contributed by atoms with Gasteiger partial charge in [-0.3, -0.25) is 0 Å². The van der Waals surface area contributed by atoms with E-state index in [0.29, 0.717) is 0 Å². The minimum absolute atomic E-state index is 0.0352. The number of rotatable bonds is 2. The van der Waals surface area contributed by atoms with Crippen LogP contribution in [0.3, 0.4) is 0 Å². The van der Waals surface area contributed by atoms with Gasteiger partial charge in [0.1, 0.15) is 0 Å².